The predicted molar refractivity (Wildman–Crippen MR) is 161 cm³/mol. The summed E-state index contributed by atoms with van der Waals surface area (Å²) in [6.45, 7) is 7.45. The molecule has 42 heavy (non-hydrogen) atoms. The highest BCUT2D eigenvalue weighted by atomic mass is 35.5. The summed E-state index contributed by atoms with van der Waals surface area (Å²) in [6, 6.07) is 7.36. The number of hydrogen-bond acceptors (Lipinski definition) is 6. The second kappa shape index (κ2) is 11.6. The van der Waals surface area contributed by atoms with Crippen LogP contribution in [0.4, 0.5) is 0 Å². The van der Waals surface area contributed by atoms with Crippen LogP contribution in [0.15, 0.2) is 47.6 Å². The van der Waals surface area contributed by atoms with Gasteiger partial charge >= 0.3 is 0 Å². The lowest BCUT2D eigenvalue weighted by atomic mass is 9.69. The lowest BCUT2D eigenvalue weighted by molar-refractivity contribution is -0.136. The molecule has 1 spiro atoms. The molecule has 4 aliphatic rings. The first kappa shape index (κ1) is 29.1. The zero-order valence-electron chi connectivity index (χ0n) is 24.8. The highest BCUT2D eigenvalue weighted by Gasteiger charge is 2.57. The molecule has 1 saturated heterocycles. The van der Waals surface area contributed by atoms with Crippen LogP contribution in [0.5, 0.6) is 0 Å². The third kappa shape index (κ3) is 5.91. The zero-order chi connectivity index (χ0) is 29.5. The Morgan fingerprint density at radius 1 is 1.17 bits per heavy atom. The minimum Gasteiger partial charge on any atom is -0.352 e. The van der Waals surface area contributed by atoms with Crippen molar-refractivity contribution in [1.82, 2.24) is 36.2 Å². The van der Waals surface area contributed by atoms with E-state index in [1.54, 1.807) is 0 Å². The number of tetrazole rings is 1. The van der Waals surface area contributed by atoms with Crippen LogP contribution in [0, 0.1) is 17.3 Å². The normalized spacial score (nSPS) is 27.1. The molecule has 2 aromatic rings. The van der Waals surface area contributed by atoms with E-state index in [1.807, 2.05) is 30.3 Å². The van der Waals surface area contributed by atoms with Gasteiger partial charge in [-0.05, 0) is 91.9 Å². The number of amides is 2. The van der Waals surface area contributed by atoms with Gasteiger partial charge in [0.25, 0.3) is 0 Å². The maximum Gasteiger partial charge on any atom is 0.247 e. The van der Waals surface area contributed by atoms with Crippen LogP contribution in [0.1, 0.15) is 89.6 Å². The first-order valence-electron chi connectivity index (χ1n) is 15.4. The molecule has 2 saturated carbocycles. The number of aromatic amines is 1. The molecule has 3 aliphatic carbocycles. The molecule has 10 heteroatoms. The molecule has 9 nitrogen and oxygen atoms in total. The SMILES string of the molecule is CC(C)(C)C1CCC2(CC1)NC(c1cccc(Cl)c1)C(=O)N2C(C1=CC=C(C(=O)NCCc2nn[nH]n2)CC1)C1CC1. The molecule has 2 heterocycles. The fraction of sp³-hybridized carbons (Fsp3) is 0.594. The molecular weight excluding hydrogens is 550 g/mol. The number of rotatable bonds is 8. The number of halogens is 1. The Morgan fingerprint density at radius 2 is 1.95 bits per heavy atom. The topological polar surface area (TPSA) is 116 Å². The van der Waals surface area contributed by atoms with Crippen LogP contribution < -0.4 is 10.6 Å². The third-order valence-corrected chi connectivity index (χ3v) is 10.0. The number of carbonyl (C=O) groups excluding carboxylic acids is 2. The van der Waals surface area contributed by atoms with Crippen molar-refractivity contribution in [2.75, 3.05) is 6.54 Å². The molecule has 2 unspecified atom stereocenters. The van der Waals surface area contributed by atoms with E-state index in [0.717, 1.165) is 56.1 Å². The van der Waals surface area contributed by atoms with E-state index in [4.69, 9.17) is 11.6 Å². The fourth-order valence-electron chi connectivity index (χ4n) is 7.28. The highest BCUT2D eigenvalue weighted by Crippen LogP contribution is 2.51. The summed E-state index contributed by atoms with van der Waals surface area (Å²) in [5.41, 5.74) is 2.83. The van der Waals surface area contributed by atoms with Crippen LogP contribution in [0.25, 0.3) is 0 Å². The molecule has 0 bridgehead atoms. The maximum absolute atomic E-state index is 14.5. The average Bonchev–Trinajstić information content (AvgIpc) is 3.60. The number of aromatic nitrogens is 4. The summed E-state index contributed by atoms with van der Waals surface area (Å²) < 4.78 is 0. The molecule has 224 valence electrons. The number of H-pyrrole nitrogens is 1. The Balaban J connectivity index is 1.25. The molecule has 1 aliphatic heterocycles. The van der Waals surface area contributed by atoms with Crippen LogP contribution in [0.3, 0.4) is 0 Å². The molecule has 2 amide bonds. The largest absolute Gasteiger partial charge is 0.352 e. The van der Waals surface area contributed by atoms with E-state index in [1.165, 1.54) is 5.57 Å². The summed E-state index contributed by atoms with van der Waals surface area (Å²) in [5.74, 6) is 1.75. The molecular formula is C32H42ClN7O2. The number of carbonyl (C=O) groups is 2. The van der Waals surface area contributed by atoms with E-state index in [-0.39, 0.29) is 28.9 Å². The number of nitrogens with zero attached hydrogens (tertiary/aromatic N) is 4. The second-order valence-electron chi connectivity index (χ2n) is 13.6. The molecule has 0 radical (unpaired) electrons. The van der Waals surface area contributed by atoms with Crippen molar-refractivity contribution in [2.45, 2.75) is 96.3 Å². The van der Waals surface area contributed by atoms with Gasteiger partial charge in [0.05, 0.1) is 11.7 Å². The van der Waals surface area contributed by atoms with Crippen LogP contribution in [-0.4, -0.2) is 55.6 Å². The van der Waals surface area contributed by atoms with Gasteiger partial charge in [0.15, 0.2) is 5.82 Å². The van der Waals surface area contributed by atoms with Crippen molar-refractivity contribution in [1.29, 1.82) is 0 Å². The Kier molecular flexibility index (Phi) is 8.00. The minimum atomic E-state index is -0.406. The van der Waals surface area contributed by atoms with E-state index in [9.17, 15) is 9.59 Å². The minimum absolute atomic E-state index is 0.0412. The Morgan fingerprint density at radius 3 is 2.57 bits per heavy atom. The summed E-state index contributed by atoms with van der Waals surface area (Å²) in [7, 11) is 0. The third-order valence-electron chi connectivity index (χ3n) is 9.80. The predicted octanol–water partition coefficient (Wildman–Crippen LogP) is 5.04. The number of nitrogens with one attached hydrogen (secondary N) is 3. The maximum atomic E-state index is 14.5. The monoisotopic (exact) mass is 591 g/mol. The summed E-state index contributed by atoms with van der Waals surface area (Å²) in [4.78, 5) is 29.6. The van der Waals surface area contributed by atoms with Crippen molar-refractivity contribution in [3.63, 3.8) is 0 Å². The van der Waals surface area contributed by atoms with Gasteiger partial charge in [0.2, 0.25) is 11.8 Å². The van der Waals surface area contributed by atoms with E-state index in [2.05, 4.69) is 63.0 Å². The Labute approximate surface area is 252 Å². The lowest BCUT2D eigenvalue weighted by Crippen LogP contribution is -2.59. The van der Waals surface area contributed by atoms with Crippen LogP contribution in [0.2, 0.25) is 5.02 Å². The fourth-order valence-corrected chi connectivity index (χ4v) is 7.48. The zero-order valence-corrected chi connectivity index (χ0v) is 25.6. The highest BCUT2D eigenvalue weighted by molar-refractivity contribution is 6.30. The van der Waals surface area contributed by atoms with Crippen molar-refractivity contribution in [3.8, 4) is 0 Å². The van der Waals surface area contributed by atoms with Crippen molar-refractivity contribution in [3.05, 3.63) is 64.0 Å². The summed E-state index contributed by atoms with van der Waals surface area (Å²) in [5, 5.41) is 21.4. The number of benzene rings is 1. The standard InChI is InChI=1S/C32H42ClN7O2/c1-31(2,3)24-13-16-32(17-14-24)35-27(23-5-4-6-25(33)19-23)30(42)40(32)28(20-7-8-20)21-9-11-22(12-10-21)29(41)34-18-15-26-36-38-39-37-26/h4-6,9,11,19-20,24,27-28,35H,7-8,10,12-18H2,1-3H3,(H,34,41)(H,36,37,38,39). The van der Waals surface area contributed by atoms with Gasteiger partial charge in [-0.25, -0.2) is 0 Å². The van der Waals surface area contributed by atoms with Crippen LogP contribution in [-0.2, 0) is 16.0 Å². The number of hydrogen-bond donors (Lipinski definition) is 3. The van der Waals surface area contributed by atoms with Crippen molar-refractivity contribution >= 4 is 23.4 Å². The quantitative estimate of drug-likeness (QED) is 0.396. The van der Waals surface area contributed by atoms with Crippen LogP contribution >= 0.6 is 11.6 Å². The van der Waals surface area contributed by atoms with Gasteiger partial charge in [0, 0.05) is 23.6 Å². The van der Waals surface area contributed by atoms with Gasteiger partial charge in [-0.15, -0.1) is 10.2 Å². The van der Waals surface area contributed by atoms with E-state index < -0.39 is 6.04 Å². The first-order chi connectivity index (χ1) is 20.1. The lowest BCUT2D eigenvalue weighted by Gasteiger charge is -2.49. The summed E-state index contributed by atoms with van der Waals surface area (Å²) >= 11 is 6.38. The first-order valence-corrected chi connectivity index (χ1v) is 15.8. The summed E-state index contributed by atoms with van der Waals surface area (Å²) in [6.07, 6.45) is 12.4. The van der Waals surface area contributed by atoms with E-state index in [0.29, 0.717) is 42.1 Å². The number of allylic oxidation sites excluding steroid dienone is 2. The second-order valence-corrected chi connectivity index (χ2v) is 14.0. The molecule has 1 aromatic carbocycles. The molecule has 1 aromatic heterocycles. The average molecular weight is 592 g/mol. The Bertz CT molecular complexity index is 1370. The smallest absolute Gasteiger partial charge is 0.247 e. The molecule has 6 rings (SSSR count). The van der Waals surface area contributed by atoms with Gasteiger partial charge in [0.1, 0.15) is 6.04 Å². The molecule has 3 fully saturated rings. The van der Waals surface area contributed by atoms with Gasteiger partial charge in [-0.3, -0.25) is 14.9 Å². The molecule has 2 atom stereocenters. The Hall–Kier alpha value is -3.04. The van der Waals surface area contributed by atoms with Gasteiger partial charge < -0.3 is 10.2 Å². The van der Waals surface area contributed by atoms with Gasteiger partial charge in [-0.1, -0.05) is 61.9 Å². The van der Waals surface area contributed by atoms with Gasteiger partial charge in [-0.2, -0.15) is 5.21 Å². The van der Waals surface area contributed by atoms with E-state index >= 15 is 0 Å². The van der Waals surface area contributed by atoms with Crippen molar-refractivity contribution in [2.24, 2.45) is 17.3 Å². The molecule has 3 N–H and O–H groups in total. The van der Waals surface area contributed by atoms with Crippen molar-refractivity contribution < 1.29 is 9.59 Å².